The van der Waals surface area contributed by atoms with Crippen LogP contribution >= 0.6 is 11.3 Å². The predicted molar refractivity (Wildman–Crippen MR) is 77.3 cm³/mol. The van der Waals surface area contributed by atoms with E-state index >= 15 is 0 Å². The average molecular weight is 285 g/mol. The number of urea groups is 1. The van der Waals surface area contributed by atoms with Crippen molar-refractivity contribution >= 4 is 17.4 Å². The largest absolute Gasteiger partial charge is 0.392 e. The van der Waals surface area contributed by atoms with E-state index in [-0.39, 0.29) is 12.1 Å². The number of amides is 2. The molecule has 1 aromatic rings. The molecule has 6 heteroatoms. The predicted octanol–water partition coefficient (Wildman–Crippen LogP) is 2.06. The van der Waals surface area contributed by atoms with Crippen LogP contribution in [0, 0.1) is 13.8 Å². The molecule has 1 heterocycles. The van der Waals surface area contributed by atoms with E-state index in [0.717, 1.165) is 15.6 Å². The van der Waals surface area contributed by atoms with Crippen LogP contribution in [-0.4, -0.2) is 39.7 Å². The lowest BCUT2D eigenvalue weighted by atomic mass is 10.3. The van der Waals surface area contributed by atoms with Crippen LogP contribution < -0.4 is 5.32 Å². The zero-order valence-corrected chi connectivity index (χ0v) is 13.0. The van der Waals surface area contributed by atoms with Crippen molar-refractivity contribution in [3.63, 3.8) is 0 Å². The van der Waals surface area contributed by atoms with E-state index in [0.29, 0.717) is 13.1 Å². The molecule has 1 unspecified atom stereocenters. The first-order valence-electron chi connectivity index (χ1n) is 6.46. The van der Waals surface area contributed by atoms with Crippen molar-refractivity contribution in [2.24, 2.45) is 0 Å². The van der Waals surface area contributed by atoms with Crippen molar-refractivity contribution in [3.8, 4) is 0 Å². The molecule has 0 saturated carbocycles. The van der Waals surface area contributed by atoms with Crippen molar-refractivity contribution in [1.29, 1.82) is 0 Å². The molecule has 5 nitrogen and oxygen atoms in total. The Kier molecular flexibility index (Phi) is 5.75. The van der Waals surface area contributed by atoms with Gasteiger partial charge in [-0.15, -0.1) is 11.3 Å². The van der Waals surface area contributed by atoms with Gasteiger partial charge in [0, 0.05) is 17.5 Å². The van der Waals surface area contributed by atoms with Crippen molar-refractivity contribution < 1.29 is 9.90 Å². The molecule has 1 atom stereocenters. The van der Waals surface area contributed by atoms with E-state index in [4.69, 9.17) is 0 Å². The quantitative estimate of drug-likeness (QED) is 0.870. The molecule has 2 N–H and O–H groups in total. The SMILES string of the molecule is Cc1nc(CNC(=O)N(CC(C)O)C(C)C)c(C)s1. The van der Waals surface area contributed by atoms with Crippen LogP contribution in [0.2, 0.25) is 0 Å². The second-order valence-electron chi connectivity index (χ2n) is 4.99. The van der Waals surface area contributed by atoms with Gasteiger partial charge in [0.15, 0.2) is 0 Å². The lowest BCUT2D eigenvalue weighted by molar-refractivity contribution is 0.118. The summed E-state index contributed by atoms with van der Waals surface area (Å²) in [5.41, 5.74) is 0.914. The number of carbonyl (C=O) groups is 1. The number of hydrogen-bond donors (Lipinski definition) is 2. The van der Waals surface area contributed by atoms with Crippen molar-refractivity contribution in [3.05, 3.63) is 15.6 Å². The van der Waals surface area contributed by atoms with Gasteiger partial charge in [-0.2, -0.15) is 0 Å². The first-order valence-corrected chi connectivity index (χ1v) is 7.28. The van der Waals surface area contributed by atoms with E-state index in [2.05, 4.69) is 10.3 Å². The summed E-state index contributed by atoms with van der Waals surface area (Å²) in [7, 11) is 0. The second kappa shape index (κ2) is 6.86. The third-order valence-corrected chi connectivity index (χ3v) is 3.68. The number of carbonyl (C=O) groups excluding carboxylic acids is 1. The van der Waals surface area contributed by atoms with Crippen LogP contribution in [-0.2, 0) is 6.54 Å². The van der Waals surface area contributed by atoms with Gasteiger partial charge in [0.25, 0.3) is 0 Å². The van der Waals surface area contributed by atoms with Gasteiger partial charge in [-0.05, 0) is 34.6 Å². The standard InChI is InChI=1S/C13H23N3O2S/c1-8(2)16(7-9(3)17)13(18)14-6-12-10(4)19-11(5)15-12/h8-9,17H,6-7H2,1-5H3,(H,14,18). The van der Waals surface area contributed by atoms with Gasteiger partial charge in [0.2, 0.25) is 0 Å². The minimum Gasteiger partial charge on any atom is -0.392 e. The Bertz CT molecular complexity index is 430. The fourth-order valence-corrected chi connectivity index (χ4v) is 2.64. The third-order valence-electron chi connectivity index (χ3n) is 2.75. The highest BCUT2D eigenvalue weighted by Gasteiger charge is 2.18. The highest BCUT2D eigenvalue weighted by molar-refractivity contribution is 7.11. The number of aliphatic hydroxyl groups is 1. The zero-order valence-electron chi connectivity index (χ0n) is 12.2. The molecule has 0 bridgehead atoms. The first-order chi connectivity index (χ1) is 8.81. The van der Waals surface area contributed by atoms with Crippen molar-refractivity contribution in [2.75, 3.05) is 6.54 Å². The minimum absolute atomic E-state index is 0.0490. The molecular weight excluding hydrogens is 262 g/mol. The summed E-state index contributed by atoms with van der Waals surface area (Å²) in [4.78, 5) is 19.2. The molecule has 0 radical (unpaired) electrons. The summed E-state index contributed by atoms with van der Waals surface area (Å²) in [5.74, 6) is 0. The van der Waals surface area contributed by atoms with E-state index in [1.54, 1.807) is 23.2 Å². The molecule has 1 rings (SSSR count). The van der Waals surface area contributed by atoms with E-state index in [1.807, 2.05) is 27.7 Å². The molecule has 0 fully saturated rings. The van der Waals surface area contributed by atoms with E-state index in [9.17, 15) is 9.90 Å². The third kappa shape index (κ3) is 4.80. The Labute approximate surface area is 118 Å². The first kappa shape index (κ1) is 15.9. The Morgan fingerprint density at radius 3 is 2.47 bits per heavy atom. The van der Waals surface area contributed by atoms with E-state index in [1.165, 1.54) is 0 Å². The molecule has 2 amide bonds. The van der Waals surface area contributed by atoms with Crippen LogP contribution in [0.3, 0.4) is 0 Å². The van der Waals surface area contributed by atoms with Gasteiger partial charge in [-0.25, -0.2) is 9.78 Å². The van der Waals surface area contributed by atoms with Crippen LogP contribution in [0.15, 0.2) is 0 Å². The maximum absolute atomic E-state index is 12.1. The Hall–Kier alpha value is -1.14. The Morgan fingerprint density at radius 1 is 1.42 bits per heavy atom. The number of aryl methyl sites for hydroxylation is 2. The Balaban J connectivity index is 2.60. The van der Waals surface area contributed by atoms with Crippen molar-refractivity contribution in [1.82, 2.24) is 15.2 Å². The normalized spacial score (nSPS) is 12.6. The molecule has 0 spiro atoms. The van der Waals surface area contributed by atoms with Gasteiger partial charge in [-0.3, -0.25) is 0 Å². The Morgan fingerprint density at radius 2 is 2.05 bits per heavy atom. The molecule has 19 heavy (non-hydrogen) atoms. The molecule has 0 aliphatic rings. The summed E-state index contributed by atoms with van der Waals surface area (Å²) in [6.45, 7) is 10.3. The van der Waals surface area contributed by atoms with Gasteiger partial charge < -0.3 is 15.3 Å². The van der Waals surface area contributed by atoms with Crippen LogP contribution in [0.5, 0.6) is 0 Å². The monoisotopic (exact) mass is 285 g/mol. The molecule has 108 valence electrons. The summed E-state index contributed by atoms with van der Waals surface area (Å²) in [6, 6.07) is -0.117. The van der Waals surface area contributed by atoms with Crippen molar-refractivity contribution in [2.45, 2.75) is 53.3 Å². The second-order valence-corrected chi connectivity index (χ2v) is 6.40. The maximum Gasteiger partial charge on any atom is 0.318 e. The number of aromatic nitrogens is 1. The fourth-order valence-electron chi connectivity index (χ4n) is 1.81. The maximum atomic E-state index is 12.1. The fraction of sp³-hybridized carbons (Fsp3) is 0.692. The molecule has 0 saturated heterocycles. The van der Waals surface area contributed by atoms with E-state index < -0.39 is 6.10 Å². The van der Waals surface area contributed by atoms with Crippen LogP contribution in [0.1, 0.15) is 36.3 Å². The highest BCUT2D eigenvalue weighted by atomic mass is 32.1. The van der Waals surface area contributed by atoms with Gasteiger partial charge >= 0.3 is 6.03 Å². The molecule has 1 aromatic heterocycles. The van der Waals surface area contributed by atoms with Gasteiger partial charge in [0.05, 0.1) is 23.4 Å². The summed E-state index contributed by atoms with van der Waals surface area (Å²) < 4.78 is 0. The summed E-state index contributed by atoms with van der Waals surface area (Å²) in [5, 5.41) is 13.3. The average Bonchev–Trinajstić information content (AvgIpc) is 2.61. The number of nitrogens with zero attached hydrogens (tertiary/aromatic N) is 2. The number of thiazole rings is 1. The topological polar surface area (TPSA) is 65.5 Å². The number of nitrogens with one attached hydrogen (secondary N) is 1. The lowest BCUT2D eigenvalue weighted by Gasteiger charge is -2.28. The smallest absolute Gasteiger partial charge is 0.318 e. The molecule has 0 aliphatic carbocycles. The summed E-state index contributed by atoms with van der Waals surface area (Å²) in [6.07, 6.45) is -0.531. The minimum atomic E-state index is -0.531. The van der Waals surface area contributed by atoms with Crippen LogP contribution in [0.4, 0.5) is 4.79 Å². The molecule has 0 aliphatic heterocycles. The molecule has 0 aromatic carbocycles. The number of aliphatic hydroxyl groups excluding tert-OH is 1. The van der Waals surface area contributed by atoms with Gasteiger partial charge in [-0.1, -0.05) is 0 Å². The zero-order chi connectivity index (χ0) is 14.6. The lowest BCUT2D eigenvalue weighted by Crippen LogP contribution is -2.46. The number of rotatable bonds is 5. The number of hydrogen-bond acceptors (Lipinski definition) is 4. The van der Waals surface area contributed by atoms with Crippen LogP contribution in [0.25, 0.3) is 0 Å². The highest BCUT2D eigenvalue weighted by Crippen LogP contribution is 2.16. The molecular formula is C13H23N3O2S. The summed E-state index contributed by atoms with van der Waals surface area (Å²) >= 11 is 1.63. The van der Waals surface area contributed by atoms with Gasteiger partial charge in [0.1, 0.15) is 0 Å².